The normalized spacial score (nSPS) is 13.9. The molecule has 0 radical (unpaired) electrons. The van der Waals surface area contributed by atoms with Gasteiger partial charge in [-0.25, -0.2) is 4.68 Å². The SMILES string of the molecule is CC.CCC(/C=N\N(C)C)Cn1nc(NC(C)CCCN(CC)CC)ccc1=NC. The Bertz CT molecular complexity index is 633. The summed E-state index contributed by atoms with van der Waals surface area (Å²) in [5, 5.41) is 14.6. The third-order valence-electron chi connectivity index (χ3n) is 4.95. The number of nitrogens with zero attached hydrogens (tertiary/aromatic N) is 6. The minimum atomic E-state index is 0.321. The van der Waals surface area contributed by atoms with Gasteiger partial charge in [-0.15, -0.1) is 0 Å². The van der Waals surface area contributed by atoms with Gasteiger partial charge in [-0.2, -0.15) is 10.2 Å². The molecule has 7 heteroatoms. The molecule has 1 heterocycles. The fourth-order valence-corrected chi connectivity index (χ4v) is 3.07. The molecule has 0 saturated heterocycles. The minimum Gasteiger partial charge on any atom is -0.366 e. The van der Waals surface area contributed by atoms with Gasteiger partial charge in [0.15, 0.2) is 0 Å². The Morgan fingerprint density at radius 1 is 1.17 bits per heavy atom. The van der Waals surface area contributed by atoms with Crippen LogP contribution >= 0.6 is 0 Å². The van der Waals surface area contributed by atoms with Gasteiger partial charge in [-0.3, -0.25) is 4.99 Å². The highest BCUT2D eigenvalue weighted by Crippen LogP contribution is 2.08. The maximum absolute atomic E-state index is 4.80. The van der Waals surface area contributed by atoms with Gasteiger partial charge in [-0.1, -0.05) is 34.6 Å². The van der Waals surface area contributed by atoms with Crippen LogP contribution in [0.1, 0.15) is 60.8 Å². The molecule has 30 heavy (non-hydrogen) atoms. The summed E-state index contributed by atoms with van der Waals surface area (Å²) in [6.07, 6.45) is 5.33. The number of hydrazone groups is 1. The number of anilines is 1. The zero-order valence-corrected chi connectivity index (χ0v) is 21.0. The summed E-state index contributed by atoms with van der Waals surface area (Å²) < 4.78 is 1.99. The Morgan fingerprint density at radius 3 is 2.37 bits per heavy atom. The van der Waals surface area contributed by atoms with Gasteiger partial charge in [0.1, 0.15) is 11.3 Å². The van der Waals surface area contributed by atoms with Crippen LogP contribution in [-0.2, 0) is 6.54 Å². The maximum atomic E-state index is 4.80. The predicted octanol–water partition coefficient (Wildman–Crippen LogP) is 3.94. The second-order valence-electron chi connectivity index (χ2n) is 7.48. The van der Waals surface area contributed by atoms with E-state index in [2.05, 4.69) is 48.0 Å². The molecule has 0 bridgehead atoms. The second-order valence-corrected chi connectivity index (χ2v) is 7.48. The number of nitrogens with one attached hydrogen (secondary N) is 1. The summed E-state index contributed by atoms with van der Waals surface area (Å²) in [4.78, 5) is 6.84. The summed E-state index contributed by atoms with van der Waals surface area (Å²) in [5.74, 6) is 1.23. The number of hydrogen-bond acceptors (Lipinski definition) is 6. The van der Waals surface area contributed by atoms with E-state index in [1.165, 1.54) is 6.42 Å². The Labute approximate surface area is 185 Å². The van der Waals surface area contributed by atoms with Crippen molar-refractivity contribution in [2.45, 2.75) is 73.4 Å². The average molecular weight is 422 g/mol. The Balaban J connectivity index is 0.00000407. The molecule has 174 valence electrons. The molecule has 1 aromatic rings. The molecule has 2 atom stereocenters. The topological polar surface area (TPSA) is 61.1 Å². The molecule has 0 aromatic carbocycles. The fourth-order valence-electron chi connectivity index (χ4n) is 3.07. The quantitative estimate of drug-likeness (QED) is 0.387. The zero-order valence-electron chi connectivity index (χ0n) is 21.0. The Hall–Kier alpha value is -1.89. The smallest absolute Gasteiger partial charge is 0.146 e. The molecule has 1 rings (SSSR count). The molecule has 0 spiro atoms. The van der Waals surface area contributed by atoms with Gasteiger partial charge in [-0.05, 0) is 58.0 Å². The Kier molecular flexibility index (Phi) is 15.8. The van der Waals surface area contributed by atoms with Crippen molar-refractivity contribution >= 4 is 12.0 Å². The molecular weight excluding hydrogens is 374 g/mol. The first-order chi connectivity index (χ1) is 14.4. The second kappa shape index (κ2) is 16.9. The van der Waals surface area contributed by atoms with Crippen LogP contribution in [0.15, 0.2) is 22.2 Å². The van der Waals surface area contributed by atoms with Crippen molar-refractivity contribution in [2.24, 2.45) is 16.0 Å². The highest BCUT2D eigenvalue weighted by atomic mass is 15.4. The molecule has 1 N–H and O–H groups in total. The van der Waals surface area contributed by atoms with E-state index in [0.29, 0.717) is 12.0 Å². The van der Waals surface area contributed by atoms with Crippen LogP contribution < -0.4 is 10.8 Å². The summed E-state index contributed by atoms with van der Waals surface area (Å²) in [7, 11) is 5.69. The molecule has 1 aromatic heterocycles. The van der Waals surface area contributed by atoms with Crippen molar-refractivity contribution in [1.29, 1.82) is 0 Å². The lowest BCUT2D eigenvalue weighted by molar-refractivity contribution is 0.295. The monoisotopic (exact) mass is 421 g/mol. The number of hydrogen-bond donors (Lipinski definition) is 1. The third kappa shape index (κ3) is 11.3. The number of aromatic nitrogens is 2. The first kappa shape index (κ1) is 28.1. The van der Waals surface area contributed by atoms with Crippen molar-refractivity contribution in [3.63, 3.8) is 0 Å². The highest BCUT2D eigenvalue weighted by molar-refractivity contribution is 5.60. The molecule has 0 aliphatic heterocycles. The summed E-state index contributed by atoms with van der Waals surface area (Å²) in [5.41, 5.74) is 0.886. The summed E-state index contributed by atoms with van der Waals surface area (Å²) in [6.45, 7) is 17.0. The van der Waals surface area contributed by atoms with E-state index in [9.17, 15) is 0 Å². The van der Waals surface area contributed by atoms with E-state index in [-0.39, 0.29) is 0 Å². The van der Waals surface area contributed by atoms with Crippen LogP contribution in [0, 0.1) is 5.92 Å². The van der Waals surface area contributed by atoms with Crippen molar-refractivity contribution in [2.75, 3.05) is 46.1 Å². The predicted molar refractivity (Wildman–Crippen MR) is 131 cm³/mol. The van der Waals surface area contributed by atoms with Crippen molar-refractivity contribution in [3.8, 4) is 0 Å². The van der Waals surface area contributed by atoms with Crippen LogP contribution in [-0.4, -0.2) is 72.7 Å². The molecular formula is C23H47N7. The van der Waals surface area contributed by atoms with Crippen LogP contribution in [0.2, 0.25) is 0 Å². The van der Waals surface area contributed by atoms with Gasteiger partial charge >= 0.3 is 0 Å². The van der Waals surface area contributed by atoms with E-state index in [0.717, 1.165) is 50.3 Å². The van der Waals surface area contributed by atoms with E-state index in [1.807, 2.05) is 63.0 Å². The van der Waals surface area contributed by atoms with Crippen LogP contribution in [0.25, 0.3) is 0 Å². The molecule has 0 aliphatic rings. The lowest BCUT2D eigenvalue weighted by Gasteiger charge is -2.20. The average Bonchev–Trinajstić information content (AvgIpc) is 2.75. The summed E-state index contributed by atoms with van der Waals surface area (Å²) in [6, 6.07) is 4.45. The Morgan fingerprint density at radius 2 is 1.83 bits per heavy atom. The standard InChI is InChI=1S/C21H41N7.C2H6/c1-8-19(16-23-26(6)7)17-28-21(22-5)14-13-20(25-28)24-18(4)12-11-15-27(9-2)10-3;1-2/h13-14,16,18-19H,8-12,15,17H2,1-7H3,(H,24,25);1-2H3/b22-21?,23-16-;. The van der Waals surface area contributed by atoms with Gasteiger partial charge in [0, 0.05) is 39.3 Å². The molecule has 0 aliphatic carbocycles. The molecule has 7 nitrogen and oxygen atoms in total. The van der Waals surface area contributed by atoms with E-state index in [4.69, 9.17) is 5.10 Å². The van der Waals surface area contributed by atoms with Crippen LogP contribution in [0.5, 0.6) is 0 Å². The van der Waals surface area contributed by atoms with Gasteiger partial charge in [0.05, 0.1) is 6.54 Å². The highest BCUT2D eigenvalue weighted by Gasteiger charge is 2.09. The minimum absolute atomic E-state index is 0.321. The summed E-state index contributed by atoms with van der Waals surface area (Å²) >= 11 is 0. The zero-order chi connectivity index (χ0) is 22.9. The van der Waals surface area contributed by atoms with E-state index < -0.39 is 0 Å². The lowest BCUT2D eigenvalue weighted by Crippen LogP contribution is -2.29. The van der Waals surface area contributed by atoms with Crippen molar-refractivity contribution in [3.05, 3.63) is 17.6 Å². The fraction of sp³-hybridized carbons (Fsp3) is 0.783. The van der Waals surface area contributed by atoms with Gasteiger partial charge in [0.25, 0.3) is 0 Å². The molecule has 0 saturated carbocycles. The first-order valence-electron chi connectivity index (χ1n) is 11.6. The third-order valence-corrected chi connectivity index (χ3v) is 4.95. The molecule has 0 amide bonds. The molecule has 0 fully saturated rings. The maximum Gasteiger partial charge on any atom is 0.146 e. The molecule has 2 unspecified atom stereocenters. The van der Waals surface area contributed by atoms with Crippen molar-refractivity contribution in [1.82, 2.24) is 19.7 Å². The van der Waals surface area contributed by atoms with E-state index >= 15 is 0 Å². The lowest BCUT2D eigenvalue weighted by atomic mass is 10.1. The van der Waals surface area contributed by atoms with Crippen LogP contribution in [0.4, 0.5) is 5.82 Å². The first-order valence-corrected chi connectivity index (χ1v) is 11.6. The number of rotatable bonds is 13. The largest absolute Gasteiger partial charge is 0.366 e. The van der Waals surface area contributed by atoms with E-state index in [1.54, 1.807) is 0 Å². The van der Waals surface area contributed by atoms with Crippen molar-refractivity contribution < 1.29 is 0 Å². The van der Waals surface area contributed by atoms with Crippen LogP contribution in [0.3, 0.4) is 0 Å². The van der Waals surface area contributed by atoms with Gasteiger partial charge < -0.3 is 15.2 Å². The van der Waals surface area contributed by atoms with Gasteiger partial charge in [0.2, 0.25) is 0 Å².